The Balaban J connectivity index is 1.08. The summed E-state index contributed by atoms with van der Waals surface area (Å²) in [5, 5.41) is 4.11. The number of amides is 1. The lowest BCUT2D eigenvalue weighted by Gasteiger charge is -2.34. The molecule has 164 valence electrons. The maximum atomic E-state index is 12.9. The fourth-order valence-corrected chi connectivity index (χ4v) is 4.69. The summed E-state index contributed by atoms with van der Waals surface area (Å²) in [4.78, 5) is 26.0. The Kier molecular flexibility index (Phi) is 5.96. The van der Waals surface area contributed by atoms with E-state index in [1.165, 1.54) is 5.56 Å². The normalized spacial score (nSPS) is 14.8. The molecule has 0 bridgehead atoms. The first-order chi connectivity index (χ1) is 15.7. The van der Waals surface area contributed by atoms with Crippen LogP contribution in [0.1, 0.15) is 28.2 Å². The number of aromatic nitrogens is 3. The summed E-state index contributed by atoms with van der Waals surface area (Å²) in [6.07, 6.45) is 1.71. The molecule has 2 aromatic heterocycles. The molecule has 4 aromatic rings. The Morgan fingerprint density at radius 2 is 1.91 bits per heavy atom. The molecular formula is C24H25N5O2S. The molecule has 1 fully saturated rings. The lowest BCUT2D eigenvalue weighted by atomic mass is 10.1. The Hall–Kier alpha value is -3.10. The molecule has 1 aliphatic rings. The highest BCUT2D eigenvalue weighted by molar-refractivity contribution is 7.16. The molecule has 0 saturated carbocycles. The van der Waals surface area contributed by atoms with Crippen LogP contribution >= 0.6 is 11.3 Å². The van der Waals surface area contributed by atoms with Gasteiger partial charge >= 0.3 is 0 Å². The van der Waals surface area contributed by atoms with Crippen molar-refractivity contribution in [3.8, 4) is 11.4 Å². The molecular weight excluding hydrogens is 422 g/mol. The van der Waals surface area contributed by atoms with Gasteiger partial charge in [0.1, 0.15) is 0 Å². The maximum Gasteiger partial charge on any atom is 0.253 e. The zero-order valence-electron chi connectivity index (χ0n) is 18.0. The van der Waals surface area contributed by atoms with Crippen LogP contribution in [-0.4, -0.2) is 63.6 Å². The first kappa shape index (κ1) is 20.8. The van der Waals surface area contributed by atoms with Crippen LogP contribution in [0.3, 0.4) is 0 Å². The predicted molar refractivity (Wildman–Crippen MR) is 125 cm³/mol. The Morgan fingerprint density at radius 3 is 2.72 bits per heavy atom. The lowest BCUT2D eigenvalue weighted by Crippen LogP contribution is -2.48. The number of carbonyl (C=O) groups is 1. The molecule has 1 saturated heterocycles. The highest BCUT2D eigenvalue weighted by atomic mass is 32.1. The van der Waals surface area contributed by atoms with E-state index in [-0.39, 0.29) is 5.91 Å². The summed E-state index contributed by atoms with van der Waals surface area (Å²) >= 11 is 1.57. The van der Waals surface area contributed by atoms with Crippen LogP contribution in [0.5, 0.6) is 0 Å². The lowest BCUT2D eigenvalue weighted by molar-refractivity contribution is 0.0636. The van der Waals surface area contributed by atoms with Gasteiger partial charge in [-0.2, -0.15) is 4.98 Å². The average Bonchev–Trinajstić information content (AvgIpc) is 3.49. The second kappa shape index (κ2) is 9.18. The number of nitrogens with zero attached hydrogens (tertiary/aromatic N) is 5. The van der Waals surface area contributed by atoms with E-state index in [9.17, 15) is 4.79 Å². The minimum absolute atomic E-state index is 0.106. The Bertz CT molecular complexity index is 1210. The minimum atomic E-state index is 0.106. The maximum absolute atomic E-state index is 12.9. The van der Waals surface area contributed by atoms with E-state index in [1.54, 1.807) is 11.3 Å². The van der Waals surface area contributed by atoms with Gasteiger partial charge in [-0.05, 0) is 38.1 Å². The van der Waals surface area contributed by atoms with Crippen molar-refractivity contribution in [2.24, 2.45) is 0 Å². The number of aryl methyl sites for hydroxylation is 2. The molecule has 0 N–H and O–H groups in total. The molecule has 1 amide bonds. The van der Waals surface area contributed by atoms with E-state index in [4.69, 9.17) is 4.52 Å². The number of carbonyl (C=O) groups excluding carboxylic acids is 1. The van der Waals surface area contributed by atoms with Gasteiger partial charge < -0.3 is 9.42 Å². The predicted octanol–water partition coefficient (Wildman–Crippen LogP) is 4.05. The van der Waals surface area contributed by atoms with E-state index in [1.807, 2.05) is 52.9 Å². The highest BCUT2D eigenvalue weighted by Gasteiger charge is 2.22. The third kappa shape index (κ3) is 4.56. The van der Waals surface area contributed by atoms with Gasteiger partial charge in [-0.3, -0.25) is 9.69 Å². The Labute approximate surface area is 190 Å². The van der Waals surface area contributed by atoms with Crippen LogP contribution in [0, 0.1) is 6.92 Å². The number of fused-ring (bicyclic) bond motifs is 1. The van der Waals surface area contributed by atoms with Crippen molar-refractivity contribution in [2.45, 2.75) is 19.8 Å². The van der Waals surface area contributed by atoms with Crippen molar-refractivity contribution in [3.63, 3.8) is 0 Å². The molecule has 7 nitrogen and oxygen atoms in total. The molecule has 0 atom stereocenters. The Morgan fingerprint density at radius 1 is 1.09 bits per heavy atom. The van der Waals surface area contributed by atoms with Gasteiger partial charge in [-0.15, -0.1) is 11.3 Å². The summed E-state index contributed by atoms with van der Waals surface area (Å²) in [6, 6.07) is 13.9. The van der Waals surface area contributed by atoms with Crippen molar-refractivity contribution in [3.05, 3.63) is 65.0 Å². The molecule has 2 aromatic carbocycles. The summed E-state index contributed by atoms with van der Waals surface area (Å²) in [5.74, 6) is 1.42. The van der Waals surface area contributed by atoms with Crippen LogP contribution in [0.4, 0.5) is 0 Å². The topological polar surface area (TPSA) is 75.4 Å². The van der Waals surface area contributed by atoms with Gasteiger partial charge in [0.2, 0.25) is 11.7 Å². The van der Waals surface area contributed by atoms with Crippen LogP contribution < -0.4 is 0 Å². The SMILES string of the molecule is Cc1ccc(-c2noc(CCCN3CCN(C(=O)c4ccc5ncsc5c4)CC3)n2)cc1. The molecule has 0 spiro atoms. The van der Waals surface area contributed by atoms with Gasteiger partial charge in [-0.1, -0.05) is 35.0 Å². The molecule has 32 heavy (non-hydrogen) atoms. The zero-order chi connectivity index (χ0) is 21.9. The largest absolute Gasteiger partial charge is 0.339 e. The standard InChI is InChI=1S/C24H25N5O2S/c1-17-4-6-18(7-5-17)23-26-22(31-27-23)3-2-10-28-11-13-29(14-12-28)24(30)19-8-9-20-21(15-19)32-16-25-20/h4-9,15-16H,2-3,10-14H2,1H3. The van der Waals surface area contributed by atoms with Gasteiger partial charge in [-0.25, -0.2) is 4.98 Å². The molecule has 0 aliphatic carbocycles. The van der Waals surface area contributed by atoms with Gasteiger partial charge in [0.15, 0.2) is 0 Å². The fourth-order valence-electron chi connectivity index (χ4n) is 3.98. The first-order valence-corrected chi connectivity index (χ1v) is 11.8. The van der Waals surface area contributed by atoms with Gasteiger partial charge in [0.05, 0.1) is 15.7 Å². The molecule has 1 aliphatic heterocycles. The fraction of sp³-hybridized carbons (Fsp3) is 0.333. The van der Waals surface area contributed by atoms with E-state index < -0.39 is 0 Å². The van der Waals surface area contributed by atoms with Crippen molar-refractivity contribution < 1.29 is 9.32 Å². The van der Waals surface area contributed by atoms with Crippen molar-refractivity contribution in [1.82, 2.24) is 24.9 Å². The van der Waals surface area contributed by atoms with Gasteiger partial charge in [0.25, 0.3) is 5.91 Å². The number of piperazine rings is 1. The van der Waals surface area contributed by atoms with E-state index in [0.717, 1.165) is 66.9 Å². The second-order valence-corrected chi connectivity index (χ2v) is 9.04. The molecule has 0 unspecified atom stereocenters. The van der Waals surface area contributed by atoms with E-state index >= 15 is 0 Å². The summed E-state index contributed by atoms with van der Waals surface area (Å²) in [7, 11) is 0. The quantitative estimate of drug-likeness (QED) is 0.444. The monoisotopic (exact) mass is 447 g/mol. The molecule has 8 heteroatoms. The zero-order valence-corrected chi connectivity index (χ0v) is 18.8. The van der Waals surface area contributed by atoms with Crippen LogP contribution in [0.15, 0.2) is 52.5 Å². The first-order valence-electron chi connectivity index (χ1n) is 10.9. The smallest absolute Gasteiger partial charge is 0.253 e. The number of hydrogen-bond donors (Lipinski definition) is 0. The number of benzene rings is 2. The molecule has 0 radical (unpaired) electrons. The summed E-state index contributed by atoms with van der Waals surface area (Å²) in [6.45, 7) is 6.27. The third-order valence-electron chi connectivity index (χ3n) is 5.88. The molecule has 3 heterocycles. The van der Waals surface area contributed by atoms with Crippen molar-refractivity contribution in [1.29, 1.82) is 0 Å². The number of hydrogen-bond acceptors (Lipinski definition) is 7. The summed E-state index contributed by atoms with van der Waals surface area (Å²) in [5.41, 5.74) is 5.69. The van der Waals surface area contributed by atoms with Crippen LogP contribution in [0.25, 0.3) is 21.6 Å². The minimum Gasteiger partial charge on any atom is -0.339 e. The van der Waals surface area contributed by atoms with Crippen molar-refractivity contribution >= 4 is 27.5 Å². The van der Waals surface area contributed by atoms with Crippen LogP contribution in [0.2, 0.25) is 0 Å². The number of thiazole rings is 1. The van der Waals surface area contributed by atoms with Gasteiger partial charge in [0, 0.05) is 43.7 Å². The second-order valence-electron chi connectivity index (χ2n) is 8.15. The molecule has 5 rings (SSSR count). The van der Waals surface area contributed by atoms with Crippen LogP contribution in [-0.2, 0) is 6.42 Å². The highest BCUT2D eigenvalue weighted by Crippen LogP contribution is 2.21. The summed E-state index contributed by atoms with van der Waals surface area (Å²) < 4.78 is 6.48. The average molecular weight is 448 g/mol. The van der Waals surface area contributed by atoms with E-state index in [0.29, 0.717) is 11.7 Å². The van der Waals surface area contributed by atoms with Crippen molar-refractivity contribution in [2.75, 3.05) is 32.7 Å². The number of rotatable bonds is 6. The third-order valence-corrected chi connectivity index (χ3v) is 6.67. The van der Waals surface area contributed by atoms with E-state index in [2.05, 4.69) is 26.9 Å².